The van der Waals surface area contributed by atoms with E-state index in [-0.39, 0.29) is 11.7 Å². The molecule has 0 radical (unpaired) electrons. The third-order valence-corrected chi connectivity index (χ3v) is 3.11. The number of hydrogen-bond donors (Lipinski definition) is 2. The Morgan fingerprint density at radius 2 is 2.00 bits per heavy atom. The van der Waals surface area contributed by atoms with Gasteiger partial charge >= 0.3 is 0 Å². The van der Waals surface area contributed by atoms with Crippen LogP contribution in [0, 0.1) is 0 Å². The number of hydrogen-bond acceptors (Lipinski definition) is 4. The summed E-state index contributed by atoms with van der Waals surface area (Å²) in [6.45, 7) is 0. The van der Waals surface area contributed by atoms with Crippen LogP contribution in [0.1, 0.15) is 10.5 Å². The van der Waals surface area contributed by atoms with Gasteiger partial charge in [0.2, 0.25) is 0 Å². The first-order valence-corrected chi connectivity index (χ1v) is 6.02. The Labute approximate surface area is 114 Å². The molecule has 0 spiro atoms. The summed E-state index contributed by atoms with van der Waals surface area (Å²) in [5.41, 5.74) is 1.76. The number of aromatic nitrogens is 3. The second-order valence-corrected chi connectivity index (χ2v) is 4.37. The summed E-state index contributed by atoms with van der Waals surface area (Å²) >= 11 is 0. The van der Waals surface area contributed by atoms with Gasteiger partial charge in [-0.15, -0.1) is 0 Å². The van der Waals surface area contributed by atoms with E-state index >= 15 is 0 Å². The maximum atomic E-state index is 12.5. The number of amides is 1. The average Bonchev–Trinajstić information content (AvgIpc) is 2.90. The Bertz CT molecular complexity index is 764. The predicted molar refractivity (Wildman–Crippen MR) is 74.7 cm³/mol. The lowest BCUT2D eigenvalue weighted by molar-refractivity contribution is 0.0989. The lowest BCUT2D eigenvalue weighted by Crippen LogP contribution is -2.26. The molecule has 2 N–H and O–H groups in total. The van der Waals surface area contributed by atoms with Gasteiger partial charge in [-0.05, 0) is 30.3 Å². The van der Waals surface area contributed by atoms with Crippen molar-refractivity contribution in [2.75, 3.05) is 11.9 Å². The van der Waals surface area contributed by atoms with Crippen LogP contribution in [0.3, 0.4) is 0 Å². The van der Waals surface area contributed by atoms with Crippen LogP contribution in [-0.2, 0) is 0 Å². The van der Waals surface area contributed by atoms with Gasteiger partial charge in [0, 0.05) is 25.1 Å². The second-order valence-electron chi connectivity index (χ2n) is 4.37. The maximum absolute atomic E-state index is 12.5. The van der Waals surface area contributed by atoms with Gasteiger partial charge in [0.25, 0.3) is 5.91 Å². The summed E-state index contributed by atoms with van der Waals surface area (Å²) in [5.74, 6) is -0.0843. The minimum absolute atomic E-state index is 0.156. The Kier molecular flexibility index (Phi) is 2.83. The molecule has 0 bridgehead atoms. The summed E-state index contributed by atoms with van der Waals surface area (Å²) in [7, 11) is 1.66. The molecule has 2 heterocycles. The first-order chi connectivity index (χ1) is 9.66. The molecule has 2 aromatic heterocycles. The topological polar surface area (TPSA) is 82.1 Å². The number of phenols is 1. The summed E-state index contributed by atoms with van der Waals surface area (Å²) in [4.78, 5) is 17.9. The highest BCUT2D eigenvalue weighted by Crippen LogP contribution is 2.21. The van der Waals surface area contributed by atoms with Crippen molar-refractivity contribution >= 4 is 22.5 Å². The fourth-order valence-corrected chi connectivity index (χ4v) is 1.97. The zero-order valence-corrected chi connectivity index (χ0v) is 10.7. The number of nitrogens with zero attached hydrogens (tertiary/aromatic N) is 3. The third kappa shape index (κ3) is 1.97. The van der Waals surface area contributed by atoms with E-state index in [1.54, 1.807) is 37.6 Å². The van der Waals surface area contributed by atoms with Gasteiger partial charge in [0.05, 0.1) is 10.9 Å². The van der Waals surface area contributed by atoms with Gasteiger partial charge in [0.1, 0.15) is 5.75 Å². The van der Waals surface area contributed by atoms with Crippen LogP contribution in [0.25, 0.3) is 10.9 Å². The fraction of sp³-hybridized carbons (Fsp3) is 0.0714. The highest BCUT2D eigenvalue weighted by Gasteiger charge is 2.19. The molecule has 0 saturated heterocycles. The van der Waals surface area contributed by atoms with Crippen LogP contribution in [0.15, 0.2) is 42.7 Å². The largest absolute Gasteiger partial charge is 0.508 e. The number of nitrogens with one attached hydrogen (secondary N) is 1. The van der Waals surface area contributed by atoms with Crippen molar-refractivity contribution in [3.63, 3.8) is 0 Å². The molecular weight excluding hydrogens is 256 g/mol. The van der Waals surface area contributed by atoms with E-state index in [2.05, 4.69) is 15.2 Å². The molecule has 0 aliphatic heterocycles. The number of aromatic hydroxyl groups is 1. The van der Waals surface area contributed by atoms with Gasteiger partial charge in [-0.25, -0.2) is 0 Å². The monoisotopic (exact) mass is 268 g/mol. The highest BCUT2D eigenvalue weighted by atomic mass is 16.3. The zero-order valence-electron chi connectivity index (χ0n) is 10.7. The van der Waals surface area contributed by atoms with E-state index in [0.29, 0.717) is 16.8 Å². The van der Waals surface area contributed by atoms with Crippen molar-refractivity contribution in [2.45, 2.75) is 0 Å². The number of pyridine rings is 1. The smallest absolute Gasteiger partial charge is 0.279 e. The Morgan fingerprint density at radius 3 is 2.75 bits per heavy atom. The van der Waals surface area contributed by atoms with E-state index in [9.17, 15) is 9.90 Å². The molecule has 1 amide bonds. The zero-order chi connectivity index (χ0) is 14.1. The van der Waals surface area contributed by atoms with Crippen LogP contribution in [0.4, 0.5) is 5.69 Å². The van der Waals surface area contributed by atoms with Crippen molar-refractivity contribution < 1.29 is 9.90 Å². The van der Waals surface area contributed by atoms with Gasteiger partial charge in [-0.2, -0.15) is 5.10 Å². The molecule has 0 aliphatic rings. The Hall–Kier alpha value is -2.89. The standard InChI is InChI=1S/C14H12N4O2/c1-18(9-2-4-10(19)5-3-9)14(20)13-11-8-15-7-6-12(11)16-17-13/h2-8,19H,1H3,(H,16,17). The SMILES string of the molecule is CN(C(=O)c1n[nH]c2ccncc12)c1ccc(O)cc1. The lowest BCUT2D eigenvalue weighted by atomic mass is 10.2. The van der Waals surface area contributed by atoms with Crippen LogP contribution in [0.5, 0.6) is 5.75 Å². The van der Waals surface area contributed by atoms with Crippen molar-refractivity contribution in [1.29, 1.82) is 0 Å². The molecule has 100 valence electrons. The molecule has 3 aromatic rings. The molecule has 6 heteroatoms. The summed E-state index contributed by atoms with van der Waals surface area (Å²) in [6.07, 6.45) is 3.25. The summed E-state index contributed by atoms with van der Waals surface area (Å²) < 4.78 is 0. The number of anilines is 1. The summed E-state index contributed by atoms with van der Waals surface area (Å²) in [6, 6.07) is 8.16. The summed E-state index contributed by atoms with van der Waals surface area (Å²) in [5, 5.41) is 16.8. The van der Waals surface area contributed by atoms with Gasteiger partial charge < -0.3 is 10.0 Å². The molecule has 6 nitrogen and oxygen atoms in total. The second kappa shape index (κ2) is 4.65. The molecule has 0 fully saturated rings. The molecule has 3 rings (SSSR count). The van der Waals surface area contributed by atoms with Gasteiger partial charge in [0.15, 0.2) is 5.69 Å². The molecule has 0 atom stereocenters. The lowest BCUT2D eigenvalue weighted by Gasteiger charge is -2.16. The molecular formula is C14H12N4O2. The number of carbonyl (C=O) groups excluding carboxylic acids is 1. The number of H-pyrrole nitrogens is 1. The van der Waals surface area contributed by atoms with Crippen LogP contribution in [-0.4, -0.2) is 33.2 Å². The quantitative estimate of drug-likeness (QED) is 0.744. The number of phenolic OH excluding ortho intramolecular Hbond substituents is 1. The minimum atomic E-state index is -0.241. The van der Waals surface area contributed by atoms with E-state index < -0.39 is 0 Å². The van der Waals surface area contributed by atoms with Gasteiger partial charge in [-0.3, -0.25) is 14.9 Å². The number of benzene rings is 1. The maximum Gasteiger partial charge on any atom is 0.279 e. The van der Waals surface area contributed by atoms with Crippen LogP contribution < -0.4 is 4.90 Å². The third-order valence-electron chi connectivity index (χ3n) is 3.11. The van der Waals surface area contributed by atoms with E-state index in [1.807, 2.05) is 0 Å². The van der Waals surface area contributed by atoms with Crippen molar-refractivity contribution in [1.82, 2.24) is 15.2 Å². The highest BCUT2D eigenvalue weighted by molar-refractivity contribution is 6.11. The van der Waals surface area contributed by atoms with E-state index in [1.165, 1.54) is 17.0 Å². The number of rotatable bonds is 2. The number of aromatic amines is 1. The number of carbonyl (C=O) groups is 1. The van der Waals surface area contributed by atoms with Crippen molar-refractivity contribution in [3.8, 4) is 5.75 Å². The first kappa shape index (κ1) is 12.2. The van der Waals surface area contributed by atoms with E-state index in [4.69, 9.17) is 0 Å². The predicted octanol–water partition coefficient (Wildman–Crippen LogP) is 1.94. The molecule has 0 unspecified atom stereocenters. The Morgan fingerprint density at radius 1 is 1.25 bits per heavy atom. The van der Waals surface area contributed by atoms with E-state index in [0.717, 1.165) is 5.52 Å². The molecule has 0 saturated carbocycles. The molecule has 20 heavy (non-hydrogen) atoms. The Balaban J connectivity index is 1.97. The van der Waals surface area contributed by atoms with Crippen molar-refractivity contribution in [2.24, 2.45) is 0 Å². The van der Waals surface area contributed by atoms with Gasteiger partial charge in [-0.1, -0.05) is 0 Å². The fourth-order valence-electron chi connectivity index (χ4n) is 1.97. The normalized spacial score (nSPS) is 10.7. The minimum Gasteiger partial charge on any atom is -0.508 e. The first-order valence-electron chi connectivity index (χ1n) is 6.02. The van der Waals surface area contributed by atoms with Crippen LogP contribution in [0.2, 0.25) is 0 Å². The molecule has 0 aliphatic carbocycles. The number of fused-ring (bicyclic) bond motifs is 1. The molecule has 1 aromatic carbocycles. The van der Waals surface area contributed by atoms with Crippen LogP contribution >= 0.6 is 0 Å². The van der Waals surface area contributed by atoms with Crippen molar-refractivity contribution in [3.05, 3.63) is 48.4 Å². The average molecular weight is 268 g/mol.